The fourth-order valence-corrected chi connectivity index (χ4v) is 6.83. The van der Waals surface area contributed by atoms with Gasteiger partial charge in [-0.25, -0.2) is 0 Å². The van der Waals surface area contributed by atoms with Crippen LogP contribution in [0.1, 0.15) is 81.1 Å². The van der Waals surface area contributed by atoms with E-state index in [1.54, 1.807) is 0 Å². The Balaban J connectivity index is 0.000000327. The van der Waals surface area contributed by atoms with Gasteiger partial charge in [0.05, 0.1) is 0 Å². The van der Waals surface area contributed by atoms with Gasteiger partial charge in [0.1, 0.15) is 0 Å². The van der Waals surface area contributed by atoms with Gasteiger partial charge >= 0.3 is 0 Å². The Bertz CT molecular complexity index is 727. The highest BCUT2D eigenvalue weighted by Gasteiger charge is 2.27. The first kappa shape index (κ1) is 45.7. The SMILES string of the molecule is CC(C)N(C)CCN(C)C.CC(C)N1CCC(N(C)C)CC1.CC(C)N1CCC(N2CCN(C)CC2)CC1.CC(C)N1CCN(C)CC1. The number of piperidine rings is 2. The minimum Gasteiger partial charge on any atom is -0.308 e. The van der Waals surface area contributed by atoms with E-state index in [2.05, 4.69) is 149 Å². The van der Waals surface area contributed by atoms with E-state index in [-0.39, 0.29) is 0 Å². The van der Waals surface area contributed by atoms with Crippen LogP contribution < -0.4 is 0 Å². The smallest absolute Gasteiger partial charge is 0.0121 e. The molecule has 0 spiro atoms. The number of hydrogen-bond acceptors (Lipinski definition) is 9. The van der Waals surface area contributed by atoms with Gasteiger partial charge in [-0.3, -0.25) is 9.80 Å². The fourth-order valence-electron chi connectivity index (χ4n) is 6.83. The van der Waals surface area contributed by atoms with E-state index in [1.165, 1.54) is 104 Å². The summed E-state index contributed by atoms with van der Waals surface area (Å²) in [6, 6.07) is 4.54. The van der Waals surface area contributed by atoms with Gasteiger partial charge in [0, 0.05) is 102 Å². The molecule has 9 nitrogen and oxygen atoms in total. The van der Waals surface area contributed by atoms with Crippen molar-refractivity contribution >= 4 is 0 Å². The Morgan fingerprint density at radius 2 is 0.854 bits per heavy atom. The zero-order chi connectivity index (χ0) is 36.4. The van der Waals surface area contributed by atoms with Crippen molar-refractivity contribution in [3.05, 3.63) is 0 Å². The highest BCUT2D eigenvalue weighted by molar-refractivity contribution is 4.84. The summed E-state index contributed by atoms with van der Waals surface area (Å²) in [6.45, 7) is 35.7. The van der Waals surface area contributed by atoms with Gasteiger partial charge < -0.3 is 34.3 Å². The van der Waals surface area contributed by atoms with Gasteiger partial charge in [-0.1, -0.05) is 0 Å². The number of rotatable bonds is 9. The van der Waals surface area contributed by atoms with E-state index >= 15 is 0 Å². The first-order valence-electron chi connectivity index (χ1n) is 19.9. The van der Waals surface area contributed by atoms with Gasteiger partial charge in [-0.05, 0) is 157 Å². The molecule has 4 heterocycles. The molecule has 288 valence electrons. The Hall–Kier alpha value is -0.360. The minimum absolute atomic E-state index is 0.667. The van der Waals surface area contributed by atoms with Crippen molar-refractivity contribution in [3.8, 4) is 0 Å². The fraction of sp³-hybridized carbons (Fsp3) is 1.00. The van der Waals surface area contributed by atoms with E-state index in [0.29, 0.717) is 6.04 Å². The van der Waals surface area contributed by atoms with Crippen molar-refractivity contribution in [2.24, 2.45) is 0 Å². The third-order valence-corrected chi connectivity index (χ3v) is 11.3. The number of likely N-dealkylation sites (tertiary alicyclic amines) is 2. The van der Waals surface area contributed by atoms with Crippen LogP contribution in [0.5, 0.6) is 0 Å². The van der Waals surface area contributed by atoms with Gasteiger partial charge in [0.2, 0.25) is 0 Å². The van der Waals surface area contributed by atoms with Gasteiger partial charge in [0.25, 0.3) is 0 Å². The Labute approximate surface area is 301 Å². The topological polar surface area (TPSA) is 29.2 Å². The van der Waals surface area contributed by atoms with Crippen LogP contribution in [0, 0.1) is 0 Å². The molecule has 4 rings (SSSR count). The summed E-state index contributed by atoms with van der Waals surface area (Å²) < 4.78 is 0. The first-order valence-corrected chi connectivity index (χ1v) is 19.9. The summed E-state index contributed by atoms with van der Waals surface area (Å²) in [4.78, 5) is 22.2. The third-order valence-electron chi connectivity index (χ3n) is 11.3. The number of piperazine rings is 2. The summed E-state index contributed by atoms with van der Waals surface area (Å²) in [5.41, 5.74) is 0. The maximum Gasteiger partial charge on any atom is 0.0121 e. The van der Waals surface area contributed by atoms with Crippen molar-refractivity contribution in [1.82, 2.24) is 44.1 Å². The summed E-state index contributed by atoms with van der Waals surface area (Å²) >= 11 is 0. The molecular weight excluding hydrogens is 594 g/mol. The average Bonchev–Trinajstić information content (AvgIpc) is 3.05. The highest BCUT2D eigenvalue weighted by Crippen LogP contribution is 2.19. The second kappa shape index (κ2) is 24.8. The monoisotopic (exact) mass is 682 g/mol. The second-order valence-electron chi connectivity index (χ2n) is 16.8. The quantitative estimate of drug-likeness (QED) is 0.358. The lowest BCUT2D eigenvalue weighted by Crippen LogP contribution is -2.53. The zero-order valence-corrected chi connectivity index (χ0v) is 35.2. The molecule has 4 saturated heterocycles. The Morgan fingerprint density at radius 3 is 1.21 bits per heavy atom. The van der Waals surface area contributed by atoms with E-state index < -0.39 is 0 Å². The highest BCUT2D eigenvalue weighted by atomic mass is 15.3. The van der Waals surface area contributed by atoms with Crippen molar-refractivity contribution in [2.45, 2.75) is 117 Å². The molecule has 4 aliphatic rings. The summed E-state index contributed by atoms with van der Waals surface area (Å²) in [5, 5.41) is 0. The van der Waals surface area contributed by atoms with Crippen LogP contribution >= 0.6 is 0 Å². The van der Waals surface area contributed by atoms with Crippen LogP contribution in [0.4, 0.5) is 0 Å². The Morgan fingerprint density at radius 1 is 0.479 bits per heavy atom. The minimum atomic E-state index is 0.667. The molecule has 0 radical (unpaired) electrons. The largest absolute Gasteiger partial charge is 0.308 e. The number of nitrogens with zero attached hydrogens (tertiary/aromatic N) is 9. The van der Waals surface area contributed by atoms with Crippen LogP contribution in [-0.2, 0) is 0 Å². The predicted octanol–water partition coefficient (Wildman–Crippen LogP) is 4.06. The zero-order valence-electron chi connectivity index (χ0n) is 35.2. The van der Waals surface area contributed by atoms with E-state index in [4.69, 9.17) is 0 Å². The lowest BCUT2D eigenvalue weighted by atomic mass is 10.0. The van der Waals surface area contributed by atoms with Gasteiger partial charge in [-0.2, -0.15) is 0 Å². The average molecular weight is 682 g/mol. The van der Waals surface area contributed by atoms with Crippen molar-refractivity contribution in [2.75, 3.05) is 141 Å². The molecule has 0 aromatic heterocycles. The summed E-state index contributed by atoms with van der Waals surface area (Å²) in [7, 11) is 15.2. The molecule has 0 N–H and O–H groups in total. The molecule has 0 amide bonds. The first-order chi connectivity index (χ1) is 22.5. The third kappa shape index (κ3) is 19.3. The molecule has 48 heavy (non-hydrogen) atoms. The van der Waals surface area contributed by atoms with Crippen LogP contribution in [0.2, 0.25) is 0 Å². The molecule has 4 aliphatic heterocycles. The number of hydrogen-bond donors (Lipinski definition) is 0. The van der Waals surface area contributed by atoms with Crippen molar-refractivity contribution in [1.29, 1.82) is 0 Å². The summed E-state index contributed by atoms with van der Waals surface area (Å²) in [5.74, 6) is 0. The number of likely N-dealkylation sites (N-methyl/N-ethyl adjacent to an activating group) is 4. The molecule has 0 unspecified atom stereocenters. The molecule has 0 aromatic carbocycles. The maximum atomic E-state index is 2.72. The molecule has 4 fully saturated rings. The normalized spacial score (nSPS) is 22.4. The van der Waals surface area contributed by atoms with Crippen molar-refractivity contribution < 1.29 is 0 Å². The van der Waals surface area contributed by atoms with Crippen LogP contribution in [0.3, 0.4) is 0 Å². The standard InChI is InChI=1S/C13H27N3.C10H22N2.C8H18N2.C8H20N2/c1-12(2)15-6-4-13(5-7-15)16-10-8-14(3)9-11-16;1-9(2)12-7-5-10(6-8-12)11(3)4;1-8(2)10-6-4-9(3)5-7-10;1-8(2)10(5)7-6-9(3)4/h12-13H,4-11H2,1-3H3;9-10H,5-8H2,1-4H3;8H,4-7H2,1-3H3;8H,6-7H2,1-5H3. The second-order valence-corrected chi connectivity index (χ2v) is 16.8. The molecule has 0 atom stereocenters. The molecule has 0 aromatic rings. The van der Waals surface area contributed by atoms with Gasteiger partial charge in [-0.15, -0.1) is 0 Å². The molecular formula is C39H87N9. The van der Waals surface area contributed by atoms with E-state index in [1.807, 2.05) is 0 Å². The maximum absolute atomic E-state index is 2.72. The molecule has 0 bridgehead atoms. The Kier molecular flexibility index (Phi) is 23.6. The van der Waals surface area contributed by atoms with Crippen molar-refractivity contribution in [3.63, 3.8) is 0 Å². The molecule has 9 heteroatoms. The van der Waals surface area contributed by atoms with Crippen LogP contribution in [-0.4, -0.2) is 221 Å². The van der Waals surface area contributed by atoms with E-state index in [0.717, 1.165) is 43.3 Å². The molecule has 0 saturated carbocycles. The lowest BCUT2D eigenvalue weighted by Gasteiger charge is -2.43. The van der Waals surface area contributed by atoms with Crippen LogP contribution in [0.15, 0.2) is 0 Å². The molecule has 0 aliphatic carbocycles. The van der Waals surface area contributed by atoms with E-state index in [9.17, 15) is 0 Å². The van der Waals surface area contributed by atoms with Crippen LogP contribution in [0.25, 0.3) is 0 Å². The summed E-state index contributed by atoms with van der Waals surface area (Å²) in [6.07, 6.45) is 5.43. The lowest BCUT2D eigenvalue weighted by molar-refractivity contribution is 0.0592. The predicted molar refractivity (Wildman–Crippen MR) is 213 cm³/mol. The van der Waals surface area contributed by atoms with Gasteiger partial charge in [0.15, 0.2) is 0 Å².